The number of pyridine rings is 1. The molecule has 0 radical (unpaired) electrons. The molecule has 4 heteroatoms. The number of hydrogen-bond donors (Lipinski definition) is 1. The van der Waals surface area contributed by atoms with E-state index in [1.54, 1.807) is 6.07 Å². The molecule has 0 aliphatic carbocycles. The van der Waals surface area contributed by atoms with Crippen molar-refractivity contribution in [3.63, 3.8) is 0 Å². The predicted octanol–water partition coefficient (Wildman–Crippen LogP) is 2.38. The summed E-state index contributed by atoms with van der Waals surface area (Å²) in [6.07, 6.45) is 0. The highest BCUT2D eigenvalue weighted by molar-refractivity contribution is 5.95. The first-order chi connectivity index (χ1) is 8.08. The van der Waals surface area contributed by atoms with E-state index >= 15 is 0 Å². The molecule has 0 saturated carbocycles. The normalized spacial score (nSPS) is 10.2. The van der Waals surface area contributed by atoms with Crippen molar-refractivity contribution in [1.29, 1.82) is 0 Å². The van der Waals surface area contributed by atoms with Crippen molar-refractivity contribution >= 4 is 5.78 Å². The first-order valence-electron chi connectivity index (χ1n) is 5.08. The number of aromatic nitrogens is 1. The molecule has 0 saturated heterocycles. The highest BCUT2D eigenvalue weighted by Gasteiger charge is 2.08. The first kappa shape index (κ1) is 11.3. The van der Waals surface area contributed by atoms with Gasteiger partial charge in [-0.1, -0.05) is 6.07 Å². The average molecular weight is 231 g/mol. The maximum Gasteiger partial charge on any atom is 0.248 e. The van der Waals surface area contributed by atoms with Gasteiger partial charge in [0.1, 0.15) is 5.82 Å². The van der Waals surface area contributed by atoms with Crippen molar-refractivity contribution in [2.75, 3.05) is 0 Å². The van der Waals surface area contributed by atoms with Crippen molar-refractivity contribution in [3.8, 4) is 11.3 Å². The van der Waals surface area contributed by atoms with Gasteiger partial charge in [-0.25, -0.2) is 4.39 Å². The molecule has 0 spiro atoms. The third-order valence-electron chi connectivity index (χ3n) is 2.43. The number of ketones is 1. The Morgan fingerprint density at radius 2 is 2.00 bits per heavy atom. The first-order valence-corrected chi connectivity index (χ1v) is 5.08. The Balaban J connectivity index is 2.62. The van der Waals surface area contributed by atoms with E-state index in [0.29, 0.717) is 11.3 Å². The topological polar surface area (TPSA) is 49.9 Å². The number of nitrogens with one attached hydrogen (secondary N) is 1. The average Bonchev–Trinajstić information content (AvgIpc) is 2.29. The van der Waals surface area contributed by atoms with Crippen LogP contribution in [0.1, 0.15) is 17.3 Å². The van der Waals surface area contributed by atoms with E-state index in [1.165, 1.54) is 37.3 Å². The Hall–Kier alpha value is -2.23. The van der Waals surface area contributed by atoms with Gasteiger partial charge in [-0.15, -0.1) is 0 Å². The molecule has 0 unspecified atom stereocenters. The predicted molar refractivity (Wildman–Crippen MR) is 62.5 cm³/mol. The molecule has 3 nitrogen and oxygen atoms in total. The lowest BCUT2D eigenvalue weighted by atomic mass is 10.0. The summed E-state index contributed by atoms with van der Waals surface area (Å²) in [7, 11) is 0. The van der Waals surface area contributed by atoms with Crippen LogP contribution in [0.2, 0.25) is 0 Å². The minimum Gasteiger partial charge on any atom is -0.322 e. The molecule has 0 fully saturated rings. The minimum absolute atomic E-state index is 0.149. The van der Waals surface area contributed by atoms with Crippen LogP contribution in [0, 0.1) is 5.82 Å². The summed E-state index contributed by atoms with van der Waals surface area (Å²) >= 11 is 0. The van der Waals surface area contributed by atoms with Gasteiger partial charge in [-0.2, -0.15) is 0 Å². The summed E-state index contributed by atoms with van der Waals surface area (Å²) in [5, 5.41) is 0. The van der Waals surface area contributed by atoms with Crippen LogP contribution in [-0.4, -0.2) is 10.8 Å². The fourth-order valence-electron chi connectivity index (χ4n) is 1.56. The molecule has 1 heterocycles. The number of aromatic amines is 1. The molecule has 0 atom stereocenters. The van der Waals surface area contributed by atoms with Crippen molar-refractivity contribution < 1.29 is 9.18 Å². The zero-order chi connectivity index (χ0) is 12.4. The third-order valence-corrected chi connectivity index (χ3v) is 2.43. The van der Waals surface area contributed by atoms with Crippen LogP contribution in [0.3, 0.4) is 0 Å². The van der Waals surface area contributed by atoms with Crippen LogP contribution in [-0.2, 0) is 0 Å². The monoisotopic (exact) mass is 231 g/mol. The van der Waals surface area contributed by atoms with Gasteiger partial charge in [-0.3, -0.25) is 9.59 Å². The van der Waals surface area contributed by atoms with Gasteiger partial charge >= 0.3 is 0 Å². The van der Waals surface area contributed by atoms with Gasteiger partial charge in [0, 0.05) is 17.2 Å². The number of halogens is 1. The Bertz CT molecular complexity index is 631. The summed E-state index contributed by atoms with van der Waals surface area (Å²) in [5.41, 5.74) is 0.676. The summed E-state index contributed by atoms with van der Waals surface area (Å²) < 4.78 is 13.6. The van der Waals surface area contributed by atoms with Gasteiger partial charge in [0.25, 0.3) is 0 Å². The largest absolute Gasteiger partial charge is 0.322 e. The molecule has 2 aromatic rings. The molecular weight excluding hydrogens is 221 g/mol. The lowest BCUT2D eigenvalue weighted by Gasteiger charge is -2.04. The highest BCUT2D eigenvalue weighted by Crippen LogP contribution is 2.21. The number of H-pyrrole nitrogens is 1. The minimum atomic E-state index is -0.475. The Morgan fingerprint density at radius 3 is 2.65 bits per heavy atom. The Kier molecular flexibility index (Phi) is 2.87. The SMILES string of the molecule is CC(=O)c1ccc(F)c(-c2cccc(=O)[nH]2)c1. The van der Waals surface area contributed by atoms with Crippen molar-refractivity contribution in [3.05, 3.63) is 58.1 Å². The molecule has 0 aliphatic rings. The molecule has 17 heavy (non-hydrogen) atoms. The van der Waals surface area contributed by atoms with Crippen molar-refractivity contribution in [2.24, 2.45) is 0 Å². The van der Waals surface area contributed by atoms with E-state index < -0.39 is 5.82 Å². The second-order valence-electron chi connectivity index (χ2n) is 3.68. The number of hydrogen-bond acceptors (Lipinski definition) is 2. The molecule has 0 aliphatic heterocycles. The quantitative estimate of drug-likeness (QED) is 0.807. The molecule has 0 bridgehead atoms. The number of benzene rings is 1. The Morgan fingerprint density at radius 1 is 1.24 bits per heavy atom. The third kappa shape index (κ3) is 2.30. The number of Topliss-reactive ketones (excluding diaryl/α,β-unsaturated/α-hetero) is 1. The summed E-state index contributed by atoms with van der Waals surface area (Å²) in [6, 6.07) is 8.54. The summed E-state index contributed by atoms with van der Waals surface area (Å²) in [6.45, 7) is 1.41. The fraction of sp³-hybridized carbons (Fsp3) is 0.0769. The molecule has 1 aromatic heterocycles. The van der Waals surface area contributed by atoms with Crippen molar-refractivity contribution in [1.82, 2.24) is 4.98 Å². The van der Waals surface area contributed by atoms with Gasteiger partial charge in [0.2, 0.25) is 5.56 Å². The maximum absolute atomic E-state index is 13.6. The second-order valence-corrected chi connectivity index (χ2v) is 3.68. The zero-order valence-corrected chi connectivity index (χ0v) is 9.16. The summed E-state index contributed by atoms with van der Waals surface area (Å²) in [5.74, 6) is -0.624. The lowest BCUT2D eigenvalue weighted by molar-refractivity contribution is 0.101. The van der Waals surface area contributed by atoms with Crippen LogP contribution in [0.5, 0.6) is 0 Å². The number of carbonyl (C=O) groups is 1. The maximum atomic E-state index is 13.6. The second kappa shape index (κ2) is 4.33. The number of rotatable bonds is 2. The standard InChI is InChI=1S/C13H10FNO2/c1-8(16)9-5-6-11(14)10(7-9)12-3-2-4-13(17)15-12/h2-7H,1H3,(H,15,17). The van der Waals surface area contributed by atoms with Crippen LogP contribution in [0.15, 0.2) is 41.2 Å². The molecule has 1 N–H and O–H groups in total. The van der Waals surface area contributed by atoms with Crippen LogP contribution in [0.25, 0.3) is 11.3 Å². The van der Waals surface area contributed by atoms with Crippen LogP contribution >= 0.6 is 0 Å². The lowest BCUT2D eigenvalue weighted by Crippen LogP contribution is -2.05. The van der Waals surface area contributed by atoms with Gasteiger partial charge < -0.3 is 4.98 Å². The van der Waals surface area contributed by atoms with Gasteiger partial charge in [0.15, 0.2) is 5.78 Å². The van der Waals surface area contributed by atoms with E-state index in [4.69, 9.17) is 0 Å². The molecule has 2 rings (SSSR count). The highest BCUT2D eigenvalue weighted by atomic mass is 19.1. The van der Waals surface area contributed by atoms with E-state index in [2.05, 4.69) is 4.98 Å². The van der Waals surface area contributed by atoms with Gasteiger partial charge in [0.05, 0.1) is 5.69 Å². The van der Waals surface area contributed by atoms with Gasteiger partial charge in [-0.05, 0) is 31.2 Å². The van der Waals surface area contributed by atoms with E-state index in [9.17, 15) is 14.0 Å². The van der Waals surface area contributed by atoms with Crippen LogP contribution < -0.4 is 5.56 Å². The molecule has 1 aromatic carbocycles. The van der Waals surface area contributed by atoms with E-state index in [1.807, 2.05) is 0 Å². The van der Waals surface area contributed by atoms with E-state index in [0.717, 1.165) is 0 Å². The summed E-state index contributed by atoms with van der Waals surface area (Å²) in [4.78, 5) is 24.9. The molecule has 86 valence electrons. The molecular formula is C13H10FNO2. The van der Waals surface area contributed by atoms with Crippen molar-refractivity contribution in [2.45, 2.75) is 6.92 Å². The van der Waals surface area contributed by atoms with Crippen LogP contribution in [0.4, 0.5) is 4.39 Å². The number of carbonyl (C=O) groups excluding carboxylic acids is 1. The zero-order valence-electron chi connectivity index (χ0n) is 9.16. The smallest absolute Gasteiger partial charge is 0.248 e. The molecule has 0 amide bonds. The van der Waals surface area contributed by atoms with E-state index in [-0.39, 0.29) is 16.9 Å². The Labute approximate surface area is 96.9 Å². The fourth-order valence-corrected chi connectivity index (χ4v) is 1.56.